The highest BCUT2D eigenvalue weighted by atomic mass is 33.1. The number of phenolic OH excluding ortho intramolecular Hbond substituents is 1. The predicted octanol–water partition coefficient (Wildman–Crippen LogP) is -0.799. The van der Waals surface area contributed by atoms with Gasteiger partial charge in [0, 0.05) is 60.8 Å². The minimum atomic E-state index is -5.08. The first kappa shape index (κ1) is 84.6. The number of halogens is 3. The molecule has 2 aliphatic heterocycles. The quantitative estimate of drug-likeness (QED) is 0.0257. The third kappa shape index (κ3) is 26.6. The average molecular weight is 1500 g/mol. The maximum atomic E-state index is 15.1. The van der Waals surface area contributed by atoms with Crippen molar-refractivity contribution in [3.05, 3.63) is 102 Å². The van der Waals surface area contributed by atoms with Crippen molar-refractivity contribution in [3.8, 4) is 5.75 Å². The number of aromatic hydroxyl groups is 1. The van der Waals surface area contributed by atoms with Gasteiger partial charge < -0.3 is 99.8 Å². The second-order valence-corrected chi connectivity index (χ2v) is 27.4. The average Bonchev–Trinajstić information content (AvgIpc) is 1.63. The van der Waals surface area contributed by atoms with Crippen molar-refractivity contribution in [2.75, 3.05) is 24.6 Å². The highest BCUT2D eigenvalue weighted by Crippen LogP contribution is 2.26. The van der Waals surface area contributed by atoms with Gasteiger partial charge in [-0.2, -0.15) is 13.2 Å². The van der Waals surface area contributed by atoms with Gasteiger partial charge in [0.05, 0.1) is 18.6 Å². The summed E-state index contributed by atoms with van der Waals surface area (Å²) in [7, 11) is 1.65. The lowest BCUT2D eigenvalue weighted by atomic mass is 10.0. The van der Waals surface area contributed by atoms with Gasteiger partial charge in [-0.3, -0.25) is 57.5 Å². The van der Waals surface area contributed by atoms with Gasteiger partial charge in [0.2, 0.25) is 59.1 Å². The van der Waals surface area contributed by atoms with Crippen molar-refractivity contribution in [1.82, 2.24) is 57.7 Å². The van der Waals surface area contributed by atoms with Crippen LogP contribution in [0.15, 0.2) is 85.1 Å². The number of fused-ring (bicyclic) bond motifs is 1. The number of carbonyl (C=O) groups is 14. The maximum Gasteiger partial charge on any atom is 0.490 e. The van der Waals surface area contributed by atoms with Gasteiger partial charge in [0.1, 0.15) is 66.2 Å². The third-order valence-electron chi connectivity index (χ3n) is 16.4. The van der Waals surface area contributed by atoms with Gasteiger partial charge in [-0.25, -0.2) is 9.59 Å². The summed E-state index contributed by atoms with van der Waals surface area (Å²) in [5.74, 6) is -18.7. The van der Waals surface area contributed by atoms with Crippen LogP contribution in [0, 0.1) is 5.92 Å². The smallest absolute Gasteiger partial charge is 0.490 e. The molecule has 0 bridgehead atoms. The number of nitrogens with one attached hydrogen (secondary N) is 10. The first-order valence-corrected chi connectivity index (χ1v) is 35.3. The Labute approximate surface area is 601 Å². The van der Waals surface area contributed by atoms with Crippen LogP contribution in [-0.2, 0) is 86.4 Å². The van der Waals surface area contributed by atoms with Gasteiger partial charge >= 0.3 is 30.1 Å². The molecule has 4 aromatic rings. The van der Waals surface area contributed by atoms with Crippen LogP contribution < -0.4 is 59.3 Å². The van der Waals surface area contributed by atoms with E-state index in [1.165, 1.54) is 45.0 Å². The number of aliphatic hydroxyl groups is 1. The number of likely N-dealkylation sites (tertiary alicyclic amines) is 1. The third-order valence-corrected chi connectivity index (χ3v) is 18.9. The zero-order chi connectivity index (χ0) is 77.1. The SMILES string of the molecule is CC(C)[C@H](NC(=O)C1CSSCC(NC(=O)[C@H](CC(=O)O)NC(=O)[C@@H]2CCCN2C(=O)[C@@H](NC(=O)[C@@H](N)CCC(=O)O)[C@@H](C)O)C(=O)N[C@@H](Cc2ccccc2)C(=O)NC(Cc2c[nH]c3ccccc23)C(=O)N[C@@H](CCCCN)C(=O)NC(Cc2ccc(O)cc2)C(=O)N1)C(=O)O.O=C(O)C(F)(F)F. The molecule has 0 spiro atoms. The molecule has 6 rings (SSSR count). The van der Waals surface area contributed by atoms with E-state index in [1.807, 2.05) is 0 Å². The Morgan fingerprint density at radius 1 is 0.654 bits per heavy atom. The number of amides is 10. The molecule has 104 heavy (non-hydrogen) atoms. The molecule has 20 N–H and O–H groups in total. The second kappa shape index (κ2) is 40.7. The summed E-state index contributed by atoms with van der Waals surface area (Å²) in [5, 5.41) is 81.2. The largest absolute Gasteiger partial charge is 0.508 e. The summed E-state index contributed by atoms with van der Waals surface area (Å²) in [6.45, 7) is 4.32. The molecule has 1 aromatic heterocycles. The summed E-state index contributed by atoms with van der Waals surface area (Å²) in [6.07, 6.45) is -6.93. The first-order chi connectivity index (χ1) is 49.1. The number of carboxylic acid groups (broad SMARTS) is 4. The zero-order valence-corrected chi connectivity index (χ0v) is 58.3. The van der Waals surface area contributed by atoms with Crippen molar-refractivity contribution >= 4 is 115 Å². The highest BCUT2D eigenvalue weighted by Gasteiger charge is 2.43. The monoisotopic (exact) mass is 1500 g/mol. The number of unbranched alkanes of at least 4 members (excludes halogenated alkanes) is 1. The van der Waals surface area contributed by atoms with E-state index < -0.39 is 192 Å². The fourth-order valence-electron chi connectivity index (χ4n) is 10.8. The lowest BCUT2D eigenvalue weighted by molar-refractivity contribution is -0.192. The second-order valence-electron chi connectivity index (χ2n) is 24.8. The van der Waals surface area contributed by atoms with E-state index in [1.54, 1.807) is 60.8 Å². The van der Waals surface area contributed by atoms with Crippen LogP contribution in [0.25, 0.3) is 10.9 Å². The molecule has 2 saturated heterocycles. The number of alkyl halides is 3. The molecule has 33 nitrogen and oxygen atoms in total. The van der Waals surface area contributed by atoms with E-state index in [0.29, 0.717) is 34.0 Å². The maximum absolute atomic E-state index is 15.1. The number of para-hydroxylation sites is 1. The van der Waals surface area contributed by atoms with Crippen LogP contribution in [-0.4, -0.2) is 227 Å². The minimum Gasteiger partial charge on any atom is -0.508 e. The molecule has 3 heterocycles. The molecule has 2 aliphatic rings. The van der Waals surface area contributed by atoms with Crippen LogP contribution in [0.3, 0.4) is 0 Å². The molecule has 568 valence electrons. The number of rotatable bonds is 27. The number of aromatic amines is 1. The topological polar surface area (TPSA) is 540 Å². The predicted molar refractivity (Wildman–Crippen MR) is 369 cm³/mol. The van der Waals surface area contributed by atoms with E-state index in [9.17, 15) is 81.5 Å². The standard InChI is InChI=1S/C64H85N13O18S2.C2HF3O2/c1-33(2)52(64(94)95)75-61(91)48-32-97-96-31-47(73-59(89)46(29-51(82)83)72-62(92)49-17-11-25-77(49)63(93)53(34(3)78)76-54(84)40(66)22-23-50(80)81)60(90)70-43(26-35-12-5-4-6-13-35)56(86)71-45(28-37-30-67-41-15-8-7-14-39(37)41)58(88)68-42(16-9-10-24-65)55(85)69-44(57(87)74-48)27-36-18-20-38(79)21-19-36;3-2(4,5)1(6)7/h4-8,12-15,18-21,30,33-34,40,42-49,52-53,67,78-79H,9-11,16-17,22-29,31-32,65-66H2,1-3H3,(H,68,88)(H,69,85)(H,70,90)(H,71,86)(H,72,92)(H,73,89)(H,74,87)(H,75,91)(H,76,84)(H,80,81)(H,82,83)(H,94,95);(H,6,7)/t34-,40+,42+,43+,44?,45?,46+,47?,48?,49+,52+,53+;/m1./s1. The number of aliphatic carboxylic acids is 4. The molecule has 12 atom stereocenters. The molecule has 4 unspecified atom stereocenters. The number of hydrogen-bond donors (Lipinski definition) is 18. The lowest BCUT2D eigenvalue weighted by Gasteiger charge is -2.31. The summed E-state index contributed by atoms with van der Waals surface area (Å²) < 4.78 is 31.7. The van der Waals surface area contributed by atoms with Crippen LogP contribution in [0.1, 0.15) is 88.8 Å². The lowest BCUT2D eigenvalue weighted by Crippen LogP contribution is -2.62. The summed E-state index contributed by atoms with van der Waals surface area (Å²) in [4.78, 5) is 194. The highest BCUT2D eigenvalue weighted by molar-refractivity contribution is 8.76. The molecule has 2 fully saturated rings. The summed E-state index contributed by atoms with van der Waals surface area (Å²) >= 11 is 0. The van der Waals surface area contributed by atoms with Gasteiger partial charge in [0.25, 0.3) is 0 Å². The van der Waals surface area contributed by atoms with Crippen molar-refractivity contribution in [3.63, 3.8) is 0 Å². The molecular formula is C66H86F3N13O20S2. The molecule has 3 aromatic carbocycles. The Hall–Kier alpha value is -10.1. The van der Waals surface area contributed by atoms with Gasteiger partial charge in [-0.15, -0.1) is 0 Å². The number of hydrogen-bond acceptors (Lipinski definition) is 20. The molecule has 10 amide bonds. The summed E-state index contributed by atoms with van der Waals surface area (Å²) in [5.41, 5.74) is 13.9. The van der Waals surface area contributed by atoms with Crippen molar-refractivity contribution in [2.45, 2.75) is 170 Å². The summed E-state index contributed by atoms with van der Waals surface area (Å²) in [6, 6.07) is 3.64. The van der Waals surface area contributed by atoms with E-state index in [2.05, 4.69) is 52.8 Å². The Balaban J connectivity index is 0.00000263. The number of benzene rings is 3. The van der Waals surface area contributed by atoms with E-state index in [4.69, 9.17) is 26.5 Å². The van der Waals surface area contributed by atoms with E-state index in [-0.39, 0.29) is 70.2 Å². The van der Waals surface area contributed by atoms with Gasteiger partial charge in [0.15, 0.2) is 0 Å². The Kier molecular flexibility index (Phi) is 33.1. The number of carboxylic acids is 4. The van der Waals surface area contributed by atoms with Crippen molar-refractivity contribution < 1.29 is 111 Å². The number of nitrogens with two attached hydrogens (primary N) is 2. The molecule has 0 radical (unpaired) electrons. The van der Waals surface area contributed by atoms with Crippen LogP contribution >= 0.6 is 21.6 Å². The number of H-pyrrole nitrogens is 1. The van der Waals surface area contributed by atoms with Gasteiger partial charge in [-0.1, -0.05) is 96.1 Å². The zero-order valence-electron chi connectivity index (χ0n) is 56.6. The van der Waals surface area contributed by atoms with Gasteiger partial charge in [-0.05, 0) is 92.8 Å². The Morgan fingerprint density at radius 2 is 1.21 bits per heavy atom. The minimum absolute atomic E-state index is 0.0443. The number of phenols is 1. The number of nitrogens with zero attached hydrogens (tertiary/aromatic N) is 1. The van der Waals surface area contributed by atoms with Crippen LogP contribution in [0.2, 0.25) is 0 Å². The van der Waals surface area contributed by atoms with Crippen molar-refractivity contribution in [1.29, 1.82) is 0 Å². The number of aliphatic hydroxyl groups excluding tert-OH is 1. The fraction of sp³-hybridized carbons (Fsp3) is 0.485. The Bertz CT molecular complexity index is 3690. The van der Waals surface area contributed by atoms with E-state index >= 15 is 14.4 Å². The van der Waals surface area contributed by atoms with Crippen molar-refractivity contribution in [2.24, 2.45) is 17.4 Å². The molecule has 0 aliphatic carbocycles. The molecule has 0 saturated carbocycles. The number of aromatic nitrogens is 1. The Morgan fingerprint density at radius 3 is 1.79 bits per heavy atom. The van der Waals surface area contributed by atoms with Crippen LogP contribution in [0.4, 0.5) is 13.2 Å². The normalized spacial score (nSPS) is 20.9. The molecule has 38 heteroatoms. The van der Waals surface area contributed by atoms with Crippen LogP contribution in [0.5, 0.6) is 5.75 Å². The van der Waals surface area contributed by atoms with E-state index in [0.717, 1.165) is 26.5 Å². The molecular weight excluding hydrogens is 1420 g/mol. The number of carbonyl (C=O) groups excluding carboxylic acids is 10. The first-order valence-electron chi connectivity index (χ1n) is 32.8. The fourth-order valence-corrected chi connectivity index (χ4v) is 13.1.